The van der Waals surface area contributed by atoms with Crippen molar-refractivity contribution in [1.29, 1.82) is 0 Å². The van der Waals surface area contributed by atoms with Crippen molar-refractivity contribution >= 4 is 39.1 Å². The van der Waals surface area contributed by atoms with Gasteiger partial charge in [0.1, 0.15) is 23.0 Å². The number of amides is 2. The van der Waals surface area contributed by atoms with E-state index < -0.39 is 40.0 Å². The molecule has 3 atom stereocenters. The first-order valence-corrected chi connectivity index (χ1v) is 14.9. The highest BCUT2D eigenvalue weighted by molar-refractivity contribution is 7.90. The second kappa shape index (κ2) is 11.1. The molecule has 0 saturated carbocycles. The Kier molecular flexibility index (Phi) is 8.28. The number of carbonyl (C=O) groups is 2. The van der Waals surface area contributed by atoms with Gasteiger partial charge >= 0.3 is 6.18 Å². The van der Waals surface area contributed by atoms with Gasteiger partial charge in [0.25, 0.3) is 11.8 Å². The van der Waals surface area contributed by atoms with Crippen LogP contribution in [0.15, 0.2) is 41.4 Å². The third kappa shape index (κ3) is 6.98. The molecule has 2 amide bonds. The summed E-state index contributed by atoms with van der Waals surface area (Å²) in [4.78, 5) is 31.6. The van der Waals surface area contributed by atoms with Crippen molar-refractivity contribution in [3.05, 3.63) is 47.1 Å². The smallest absolute Gasteiger partial charge is 0.405 e. The van der Waals surface area contributed by atoms with Crippen LogP contribution in [0.5, 0.6) is 5.75 Å². The summed E-state index contributed by atoms with van der Waals surface area (Å²) >= 11 is 5.96. The molecular formula is C26H30ClF3N4O5S. The van der Waals surface area contributed by atoms with E-state index in [4.69, 9.17) is 16.3 Å². The maximum Gasteiger partial charge on any atom is 0.405 e. The van der Waals surface area contributed by atoms with E-state index in [0.29, 0.717) is 18.7 Å². The highest BCUT2D eigenvalue weighted by atomic mass is 35.5. The molecule has 0 spiro atoms. The van der Waals surface area contributed by atoms with Crippen molar-refractivity contribution in [1.82, 2.24) is 15.6 Å². The summed E-state index contributed by atoms with van der Waals surface area (Å²) in [5.41, 5.74) is -1.35. The third-order valence-electron chi connectivity index (χ3n) is 7.01. The van der Waals surface area contributed by atoms with E-state index in [1.54, 1.807) is 19.9 Å². The number of hydrogen-bond acceptors (Lipinski definition) is 7. The van der Waals surface area contributed by atoms with Crippen LogP contribution in [-0.2, 0) is 14.6 Å². The van der Waals surface area contributed by atoms with Gasteiger partial charge < -0.3 is 20.3 Å². The number of fused-ring (bicyclic) bond motifs is 2. The molecule has 2 aliphatic heterocycles. The number of alkyl halides is 3. The molecule has 2 bridgehead atoms. The Bertz CT molecular complexity index is 1370. The number of pyridine rings is 1. The molecular weight excluding hydrogens is 573 g/mol. The zero-order valence-corrected chi connectivity index (χ0v) is 23.7. The lowest BCUT2D eigenvalue weighted by molar-refractivity contribution is -0.135. The normalized spacial score (nSPS) is 21.2. The van der Waals surface area contributed by atoms with Gasteiger partial charge in [-0.3, -0.25) is 9.59 Å². The topological polar surface area (TPSA) is 118 Å². The standard InChI is InChI=1S/C26H30ClF3N4O5S/c1-25(2,39-20-8-5-16(27)10-21(20)40(3,37)38)24(36)33-17-11-18-6-7-19(12-17)34(18)22-9-4-15(13-31-22)23(35)32-14-26(28,29)30/h4-5,8-10,13,17-19H,6-7,11-12,14H2,1-3H3,(H,32,35)(H,33,36)/t17-,18+,19-. The number of sulfone groups is 1. The number of nitrogens with one attached hydrogen (secondary N) is 2. The van der Waals surface area contributed by atoms with Crippen LogP contribution in [0.1, 0.15) is 49.9 Å². The van der Waals surface area contributed by atoms with Crippen LogP contribution in [0.25, 0.3) is 0 Å². The van der Waals surface area contributed by atoms with Gasteiger partial charge in [0.05, 0.1) is 5.56 Å². The Labute approximate surface area is 235 Å². The Morgan fingerprint density at radius 3 is 2.33 bits per heavy atom. The largest absolute Gasteiger partial charge is 0.477 e. The maximum atomic E-state index is 13.2. The number of carbonyl (C=O) groups excluding carboxylic acids is 2. The molecule has 1 aromatic carbocycles. The second-order valence-electron chi connectivity index (χ2n) is 10.6. The van der Waals surface area contributed by atoms with Crippen LogP contribution in [0.2, 0.25) is 5.02 Å². The second-order valence-corrected chi connectivity index (χ2v) is 13.0. The Morgan fingerprint density at radius 1 is 1.12 bits per heavy atom. The monoisotopic (exact) mass is 602 g/mol. The number of halogens is 4. The van der Waals surface area contributed by atoms with Gasteiger partial charge in [0.2, 0.25) is 0 Å². The van der Waals surface area contributed by atoms with Crippen LogP contribution in [0.3, 0.4) is 0 Å². The van der Waals surface area contributed by atoms with Gasteiger partial charge in [-0.2, -0.15) is 13.2 Å². The molecule has 2 saturated heterocycles. The van der Waals surface area contributed by atoms with E-state index in [1.807, 2.05) is 5.32 Å². The third-order valence-corrected chi connectivity index (χ3v) is 8.36. The molecule has 3 heterocycles. The molecule has 2 aliphatic rings. The van der Waals surface area contributed by atoms with Gasteiger partial charge in [-0.05, 0) is 69.9 Å². The summed E-state index contributed by atoms with van der Waals surface area (Å²) < 4.78 is 67.4. The molecule has 218 valence electrons. The summed E-state index contributed by atoms with van der Waals surface area (Å²) in [7, 11) is -3.66. The van der Waals surface area contributed by atoms with Crippen molar-refractivity contribution in [2.45, 2.75) is 74.3 Å². The summed E-state index contributed by atoms with van der Waals surface area (Å²) in [5, 5.41) is 5.10. The van der Waals surface area contributed by atoms with Crippen molar-refractivity contribution in [2.75, 3.05) is 17.7 Å². The predicted molar refractivity (Wildman–Crippen MR) is 142 cm³/mol. The van der Waals surface area contributed by atoms with Crippen molar-refractivity contribution in [3.63, 3.8) is 0 Å². The highest BCUT2D eigenvalue weighted by Crippen LogP contribution is 2.39. The minimum atomic E-state index is -4.50. The lowest BCUT2D eigenvalue weighted by Crippen LogP contribution is -2.55. The number of nitrogens with zero attached hydrogens (tertiary/aromatic N) is 2. The van der Waals surface area contributed by atoms with Gasteiger partial charge in [0, 0.05) is 35.6 Å². The van der Waals surface area contributed by atoms with E-state index in [0.717, 1.165) is 19.1 Å². The van der Waals surface area contributed by atoms with E-state index in [1.165, 1.54) is 30.5 Å². The van der Waals surface area contributed by atoms with Gasteiger partial charge in [0.15, 0.2) is 15.4 Å². The molecule has 4 rings (SSSR count). The van der Waals surface area contributed by atoms with Gasteiger partial charge in [-0.25, -0.2) is 13.4 Å². The van der Waals surface area contributed by atoms with Crippen molar-refractivity contribution in [2.24, 2.45) is 0 Å². The fourth-order valence-electron chi connectivity index (χ4n) is 5.16. The van der Waals surface area contributed by atoms with E-state index >= 15 is 0 Å². The molecule has 14 heteroatoms. The number of rotatable bonds is 8. The van der Waals surface area contributed by atoms with Crippen molar-refractivity contribution in [3.8, 4) is 5.75 Å². The fraction of sp³-hybridized carbons (Fsp3) is 0.500. The predicted octanol–water partition coefficient (Wildman–Crippen LogP) is 3.90. The molecule has 40 heavy (non-hydrogen) atoms. The molecule has 1 aromatic heterocycles. The zero-order chi connectivity index (χ0) is 29.5. The Hall–Kier alpha value is -3.06. The first kappa shape index (κ1) is 29.9. The number of benzene rings is 1. The Morgan fingerprint density at radius 2 is 1.77 bits per heavy atom. The van der Waals surface area contributed by atoms with E-state index in [2.05, 4.69) is 15.2 Å². The van der Waals surface area contributed by atoms with E-state index in [-0.39, 0.29) is 39.4 Å². The van der Waals surface area contributed by atoms with E-state index in [9.17, 15) is 31.2 Å². The minimum Gasteiger partial charge on any atom is -0.477 e. The summed E-state index contributed by atoms with van der Waals surface area (Å²) in [5.74, 6) is -0.604. The molecule has 2 aromatic rings. The molecule has 9 nitrogen and oxygen atoms in total. The maximum absolute atomic E-state index is 13.2. The fourth-order valence-corrected chi connectivity index (χ4v) is 6.21. The summed E-state index contributed by atoms with van der Waals surface area (Å²) in [6.45, 7) is 1.70. The number of piperidine rings is 1. The van der Waals surface area contributed by atoms with Crippen LogP contribution >= 0.6 is 11.6 Å². The number of anilines is 1. The molecule has 2 N–H and O–H groups in total. The van der Waals surface area contributed by atoms with Crippen LogP contribution < -0.4 is 20.3 Å². The molecule has 0 unspecified atom stereocenters. The van der Waals surface area contributed by atoms with Gasteiger partial charge in [-0.1, -0.05) is 11.6 Å². The summed E-state index contributed by atoms with van der Waals surface area (Å²) in [6.07, 6.45) is 0.789. The molecule has 0 aliphatic carbocycles. The highest BCUT2D eigenvalue weighted by Gasteiger charge is 2.43. The SMILES string of the molecule is CC(C)(Oc1ccc(Cl)cc1S(C)(=O)=O)C(=O)N[C@H]1C[C@H]2CC[C@@H](C1)N2c1ccc(C(=O)NCC(F)(F)F)cn1. The van der Waals surface area contributed by atoms with Crippen LogP contribution in [0.4, 0.5) is 19.0 Å². The lowest BCUT2D eigenvalue weighted by Gasteiger charge is -2.41. The zero-order valence-electron chi connectivity index (χ0n) is 22.1. The van der Waals surface area contributed by atoms with Crippen LogP contribution in [0, 0.1) is 0 Å². The average molecular weight is 603 g/mol. The lowest BCUT2D eigenvalue weighted by atomic mass is 9.96. The average Bonchev–Trinajstić information content (AvgIpc) is 3.12. The first-order valence-electron chi connectivity index (χ1n) is 12.6. The van der Waals surface area contributed by atoms with Gasteiger partial charge in [-0.15, -0.1) is 0 Å². The number of hydrogen-bond donors (Lipinski definition) is 2. The quantitative estimate of drug-likeness (QED) is 0.470. The molecule has 2 fully saturated rings. The number of aromatic nitrogens is 1. The van der Waals surface area contributed by atoms with Crippen LogP contribution in [-0.4, -0.2) is 67.9 Å². The minimum absolute atomic E-state index is 0.0311. The first-order chi connectivity index (χ1) is 18.5. The molecule has 0 radical (unpaired) electrons. The number of ether oxygens (including phenoxy) is 1. The van der Waals surface area contributed by atoms with Crippen molar-refractivity contribution < 1.29 is 35.9 Å². The Balaban J connectivity index is 1.39. The summed E-state index contributed by atoms with van der Waals surface area (Å²) in [6, 6.07) is 7.24.